The number of aromatic nitrogens is 2. The molecule has 4 aromatic rings. The van der Waals surface area contributed by atoms with E-state index in [1.807, 2.05) is 0 Å². The fourth-order valence-corrected chi connectivity index (χ4v) is 4.28. The highest BCUT2D eigenvalue weighted by Gasteiger charge is 2.61. The van der Waals surface area contributed by atoms with Crippen LogP contribution in [0.2, 0.25) is 0 Å². The predicted octanol–water partition coefficient (Wildman–Crippen LogP) is 4.47. The minimum Gasteiger partial charge on any atom is -0.459 e. The number of nitrogens with zero attached hydrogens (tertiary/aromatic N) is 2. The second-order valence-corrected chi connectivity index (χ2v) is 9.19. The molecule has 3 atom stereocenters. The third kappa shape index (κ3) is 6.37. The van der Waals surface area contributed by atoms with Crippen LogP contribution in [0.25, 0.3) is 0 Å². The quantitative estimate of drug-likeness (QED) is 0.301. The fourth-order valence-electron chi connectivity index (χ4n) is 4.28. The first-order valence-electron chi connectivity index (χ1n) is 12.7. The van der Waals surface area contributed by atoms with Gasteiger partial charge in [-0.3, -0.25) is 9.36 Å². The number of halogens is 2. The molecule has 1 N–H and O–H groups in total. The Kier molecular flexibility index (Phi) is 8.27. The molecule has 1 aliphatic rings. The number of ether oxygens (including phenoxy) is 3. The molecule has 3 aromatic carbocycles. The van der Waals surface area contributed by atoms with Crippen molar-refractivity contribution in [1.29, 1.82) is 0 Å². The Morgan fingerprint density at radius 3 is 2.15 bits per heavy atom. The van der Waals surface area contributed by atoms with E-state index in [2.05, 4.69) is 10.3 Å². The maximum atomic E-state index is 15.7. The maximum Gasteiger partial charge on any atom is 0.351 e. The van der Waals surface area contributed by atoms with Gasteiger partial charge < -0.3 is 19.5 Å². The summed E-state index contributed by atoms with van der Waals surface area (Å²) in [5, 5.41) is 2.51. The Hall–Kier alpha value is -4.74. The van der Waals surface area contributed by atoms with E-state index in [4.69, 9.17) is 14.2 Å². The molecule has 0 unspecified atom stereocenters. The highest BCUT2D eigenvalue weighted by atomic mass is 19.3. The second kappa shape index (κ2) is 12.2. The van der Waals surface area contributed by atoms with Gasteiger partial charge in [-0.15, -0.1) is 0 Å². The van der Waals surface area contributed by atoms with Gasteiger partial charge >= 0.3 is 17.6 Å². The molecule has 1 amide bonds. The molecule has 0 radical (unpaired) electrons. The van der Waals surface area contributed by atoms with Gasteiger partial charge in [0.25, 0.3) is 5.91 Å². The lowest BCUT2D eigenvalue weighted by molar-refractivity contribution is -0.146. The van der Waals surface area contributed by atoms with Crippen molar-refractivity contribution in [1.82, 2.24) is 9.55 Å². The lowest BCUT2D eigenvalue weighted by atomic mass is 10.1. The van der Waals surface area contributed by atoms with Gasteiger partial charge in [-0.2, -0.15) is 4.98 Å². The number of anilines is 1. The van der Waals surface area contributed by atoms with Crippen LogP contribution in [0.3, 0.4) is 0 Å². The van der Waals surface area contributed by atoms with Crippen molar-refractivity contribution in [2.24, 2.45) is 0 Å². The molecule has 1 aliphatic heterocycles. The Labute approximate surface area is 233 Å². The van der Waals surface area contributed by atoms with E-state index >= 15 is 8.78 Å². The van der Waals surface area contributed by atoms with E-state index < -0.39 is 48.5 Å². The molecule has 1 fully saturated rings. The average Bonchev–Trinajstić information content (AvgIpc) is 3.24. The number of hydrogen-bond donors (Lipinski definition) is 1. The van der Waals surface area contributed by atoms with Gasteiger partial charge in [-0.05, 0) is 35.9 Å². The summed E-state index contributed by atoms with van der Waals surface area (Å²) in [6.07, 6.45) is -4.25. The van der Waals surface area contributed by atoms with E-state index in [1.165, 1.54) is 24.4 Å². The summed E-state index contributed by atoms with van der Waals surface area (Å²) in [5.41, 5.74) is 0.215. The summed E-state index contributed by atoms with van der Waals surface area (Å²) in [7, 11) is 0. The molecule has 0 spiro atoms. The number of carbonyl (C=O) groups excluding carboxylic acids is 2. The molecular weight excluding hydrogens is 536 g/mol. The number of hydrogen-bond acceptors (Lipinski definition) is 7. The molecular formula is C30H25F2N3O6. The second-order valence-electron chi connectivity index (χ2n) is 9.19. The predicted molar refractivity (Wildman–Crippen MR) is 143 cm³/mol. The largest absolute Gasteiger partial charge is 0.459 e. The minimum atomic E-state index is -3.66. The third-order valence-electron chi connectivity index (χ3n) is 6.40. The summed E-state index contributed by atoms with van der Waals surface area (Å²) in [6, 6.07) is 26.2. The molecule has 210 valence electrons. The van der Waals surface area contributed by atoms with Gasteiger partial charge in [0, 0.05) is 11.8 Å². The lowest BCUT2D eigenvalue weighted by Gasteiger charge is -2.24. The van der Waals surface area contributed by atoms with E-state index in [0.29, 0.717) is 11.1 Å². The molecule has 9 nitrogen and oxygen atoms in total. The maximum absolute atomic E-state index is 15.7. The first-order chi connectivity index (χ1) is 19.8. The van der Waals surface area contributed by atoms with Crippen molar-refractivity contribution in [2.75, 3.05) is 11.9 Å². The number of rotatable bonds is 9. The highest BCUT2D eigenvalue weighted by Crippen LogP contribution is 2.43. The Morgan fingerprint density at radius 1 is 0.902 bits per heavy atom. The summed E-state index contributed by atoms with van der Waals surface area (Å²) < 4.78 is 48.6. The zero-order chi connectivity index (χ0) is 28.8. The topological polar surface area (TPSA) is 109 Å². The average molecular weight is 562 g/mol. The van der Waals surface area contributed by atoms with Crippen molar-refractivity contribution in [3.05, 3.63) is 130 Å². The first-order valence-corrected chi connectivity index (χ1v) is 12.7. The van der Waals surface area contributed by atoms with Crippen LogP contribution in [0, 0.1) is 0 Å². The van der Waals surface area contributed by atoms with E-state index in [-0.39, 0.29) is 18.0 Å². The van der Waals surface area contributed by atoms with Crippen LogP contribution in [0.15, 0.2) is 108 Å². The van der Waals surface area contributed by atoms with E-state index in [1.54, 1.807) is 78.9 Å². The summed E-state index contributed by atoms with van der Waals surface area (Å²) >= 11 is 0. The van der Waals surface area contributed by atoms with Crippen LogP contribution >= 0.6 is 0 Å². The zero-order valence-electron chi connectivity index (χ0n) is 21.6. The summed E-state index contributed by atoms with van der Waals surface area (Å²) in [5.74, 6) is -5.02. The van der Waals surface area contributed by atoms with Gasteiger partial charge in [-0.25, -0.2) is 18.4 Å². The van der Waals surface area contributed by atoms with Crippen LogP contribution in [-0.2, 0) is 20.8 Å². The van der Waals surface area contributed by atoms with Crippen molar-refractivity contribution < 1.29 is 32.6 Å². The van der Waals surface area contributed by atoms with Gasteiger partial charge in [0.05, 0.1) is 12.2 Å². The number of esters is 1. The zero-order valence-corrected chi connectivity index (χ0v) is 21.6. The Balaban J connectivity index is 1.37. The third-order valence-corrected chi connectivity index (χ3v) is 6.40. The van der Waals surface area contributed by atoms with Gasteiger partial charge in [-0.1, -0.05) is 66.7 Å². The summed E-state index contributed by atoms with van der Waals surface area (Å²) in [4.78, 5) is 41.6. The normalized spacial score (nSPS) is 19.4. The van der Waals surface area contributed by atoms with Crippen LogP contribution in [0.1, 0.15) is 32.5 Å². The van der Waals surface area contributed by atoms with Crippen molar-refractivity contribution >= 4 is 17.7 Å². The van der Waals surface area contributed by atoms with Gasteiger partial charge in [0.2, 0.25) is 0 Å². The standard InChI is InChI=1S/C30H25F2N3O6/c31-30(32)23(19-40-28(37)22-14-8-3-9-15-22)41-27(25(30)39-18-20-10-4-1-5-11-20)35-17-16-24(34-29(35)38)33-26(36)21-12-6-2-7-13-21/h1-17,23,25,27H,18-19H2,(H,33,34,36,38)/t23-,25-,27-/m1/s1. The monoisotopic (exact) mass is 561 g/mol. The molecule has 41 heavy (non-hydrogen) atoms. The smallest absolute Gasteiger partial charge is 0.351 e. The molecule has 5 rings (SSSR count). The van der Waals surface area contributed by atoms with Gasteiger partial charge in [0.15, 0.2) is 18.4 Å². The van der Waals surface area contributed by atoms with Crippen molar-refractivity contribution in [2.45, 2.75) is 31.0 Å². The molecule has 0 saturated carbocycles. The van der Waals surface area contributed by atoms with Crippen LogP contribution in [0.5, 0.6) is 0 Å². The number of amides is 1. The molecule has 0 bridgehead atoms. The number of carbonyl (C=O) groups is 2. The van der Waals surface area contributed by atoms with E-state index in [9.17, 15) is 14.4 Å². The SMILES string of the molecule is O=C(Nc1ccn([C@@H]2O[C@H](COC(=O)c3ccccc3)C(F)(F)[C@@H]2OCc2ccccc2)c(=O)n1)c1ccccc1. The molecule has 1 saturated heterocycles. The van der Waals surface area contributed by atoms with Crippen molar-refractivity contribution in [3.8, 4) is 0 Å². The molecule has 0 aliphatic carbocycles. The Bertz CT molecular complexity index is 1550. The Morgan fingerprint density at radius 2 is 1.51 bits per heavy atom. The number of nitrogens with one attached hydrogen (secondary N) is 1. The molecule has 11 heteroatoms. The number of alkyl halides is 2. The minimum absolute atomic E-state index is 0.0695. The number of benzene rings is 3. The molecule has 2 heterocycles. The first kappa shape index (κ1) is 27.8. The fraction of sp³-hybridized carbons (Fsp3) is 0.200. The van der Waals surface area contributed by atoms with Crippen LogP contribution in [0.4, 0.5) is 14.6 Å². The van der Waals surface area contributed by atoms with Crippen molar-refractivity contribution in [3.63, 3.8) is 0 Å². The van der Waals surface area contributed by atoms with Gasteiger partial charge in [0.1, 0.15) is 12.4 Å². The molecule has 1 aromatic heterocycles. The van der Waals surface area contributed by atoms with Crippen LogP contribution < -0.4 is 11.0 Å². The summed E-state index contributed by atoms with van der Waals surface area (Å²) in [6.45, 7) is -0.972. The highest BCUT2D eigenvalue weighted by molar-refractivity contribution is 6.03. The lowest BCUT2D eigenvalue weighted by Crippen LogP contribution is -2.44. The van der Waals surface area contributed by atoms with Crippen LogP contribution in [-0.4, -0.2) is 46.2 Å². The van der Waals surface area contributed by atoms with E-state index in [0.717, 1.165) is 4.57 Å².